The van der Waals surface area contributed by atoms with Crippen molar-refractivity contribution in [1.29, 1.82) is 0 Å². The molecule has 1 amide bonds. The fraction of sp³-hybridized carbons (Fsp3) is 0.333. The normalized spacial score (nSPS) is 9.48. The van der Waals surface area contributed by atoms with Gasteiger partial charge in [0.25, 0.3) is 5.91 Å². The number of hydrogen-bond acceptors (Lipinski definition) is 5. The third-order valence-corrected chi connectivity index (χ3v) is 4.06. The van der Waals surface area contributed by atoms with Crippen LogP contribution in [0.5, 0.6) is 0 Å². The van der Waals surface area contributed by atoms with E-state index in [9.17, 15) is 4.79 Å². The zero-order chi connectivity index (χ0) is 20.1. The quantitative estimate of drug-likeness (QED) is 0.541. The lowest BCUT2D eigenvalue weighted by atomic mass is 10.2. The summed E-state index contributed by atoms with van der Waals surface area (Å²) in [4.78, 5) is 11.2. The molecule has 146 valence electrons. The van der Waals surface area contributed by atoms with Crippen molar-refractivity contribution < 1.29 is 4.79 Å². The summed E-state index contributed by atoms with van der Waals surface area (Å²) in [5.74, 6) is 0.954. The number of nitrogens with two attached hydrogens (primary N) is 1. The van der Waals surface area contributed by atoms with Crippen LogP contribution < -0.4 is 16.4 Å². The van der Waals surface area contributed by atoms with Gasteiger partial charge in [0.2, 0.25) is 0 Å². The van der Waals surface area contributed by atoms with E-state index in [4.69, 9.17) is 5.73 Å². The van der Waals surface area contributed by atoms with E-state index in [1.54, 1.807) is 35.8 Å². The SMILES string of the molecule is CCC.CCNC(=O)c1ccc(N)cc1.CCNc1nsc2ccccc12. The van der Waals surface area contributed by atoms with E-state index in [0.29, 0.717) is 17.8 Å². The number of hydrogen-bond donors (Lipinski definition) is 3. The second-order valence-electron chi connectivity index (χ2n) is 5.75. The fourth-order valence-corrected chi connectivity index (χ4v) is 2.83. The van der Waals surface area contributed by atoms with Crippen molar-refractivity contribution in [3.63, 3.8) is 0 Å². The van der Waals surface area contributed by atoms with E-state index >= 15 is 0 Å². The van der Waals surface area contributed by atoms with Crippen LogP contribution in [0.25, 0.3) is 10.1 Å². The van der Waals surface area contributed by atoms with Crippen LogP contribution in [0, 0.1) is 0 Å². The molecule has 0 aliphatic rings. The molecule has 5 nitrogen and oxygen atoms in total. The standard InChI is InChI=1S/C9H12N2O.C9H10N2S.C3H8/c1-2-11-9(12)7-3-5-8(10)6-4-7;1-2-10-9-7-5-3-4-6-8(7)12-11-9;1-3-2/h3-6H,2,10H2,1H3,(H,11,12);3-6H,2H2,1H3,(H,10,11);3H2,1-2H3. The molecule has 0 aliphatic carbocycles. The van der Waals surface area contributed by atoms with Crippen molar-refractivity contribution in [3.05, 3.63) is 54.1 Å². The first-order valence-corrected chi connectivity index (χ1v) is 10.1. The fourth-order valence-electron chi connectivity index (χ4n) is 2.08. The first-order valence-electron chi connectivity index (χ1n) is 9.29. The van der Waals surface area contributed by atoms with Gasteiger partial charge in [0.15, 0.2) is 0 Å². The number of amides is 1. The van der Waals surface area contributed by atoms with Crippen molar-refractivity contribution in [1.82, 2.24) is 9.69 Å². The number of aromatic nitrogens is 1. The summed E-state index contributed by atoms with van der Waals surface area (Å²) in [6.45, 7) is 9.78. The first-order chi connectivity index (χ1) is 13.1. The Kier molecular flexibility index (Phi) is 10.6. The van der Waals surface area contributed by atoms with Gasteiger partial charge in [0, 0.05) is 29.7 Å². The molecular formula is C21H30N4OS. The Morgan fingerprint density at radius 2 is 1.63 bits per heavy atom. The molecule has 0 fully saturated rings. The second-order valence-corrected chi connectivity index (χ2v) is 6.55. The molecule has 6 heteroatoms. The molecule has 3 aromatic rings. The van der Waals surface area contributed by atoms with Crippen LogP contribution in [0.1, 0.15) is 44.5 Å². The maximum Gasteiger partial charge on any atom is 0.251 e. The second kappa shape index (κ2) is 12.7. The predicted molar refractivity (Wildman–Crippen MR) is 119 cm³/mol. The summed E-state index contributed by atoms with van der Waals surface area (Å²) in [5, 5.41) is 7.16. The Morgan fingerprint density at radius 1 is 1.00 bits per heavy atom. The van der Waals surface area contributed by atoms with Gasteiger partial charge in [0.05, 0.1) is 4.70 Å². The topological polar surface area (TPSA) is 80.0 Å². The smallest absolute Gasteiger partial charge is 0.251 e. The van der Waals surface area contributed by atoms with Crippen LogP contribution in [0.15, 0.2) is 48.5 Å². The van der Waals surface area contributed by atoms with Gasteiger partial charge in [-0.05, 0) is 61.8 Å². The van der Waals surface area contributed by atoms with Crippen LogP contribution in [-0.4, -0.2) is 23.4 Å². The van der Waals surface area contributed by atoms with Crippen molar-refractivity contribution in [2.24, 2.45) is 0 Å². The molecule has 0 atom stereocenters. The average molecular weight is 387 g/mol. The monoisotopic (exact) mass is 386 g/mol. The Bertz CT molecular complexity index is 799. The number of benzene rings is 2. The summed E-state index contributed by atoms with van der Waals surface area (Å²) >= 11 is 1.54. The maximum absolute atomic E-state index is 11.2. The summed E-state index contributed by atoms with van der Waals surface area (Å²) in [6, 6.07) is 15.1. The number of carbonyl (C=O) groups excluding carboxylic acids is 1. The highest BCUT2D eigenvalue weighted by Crippen LogP contribution is 2.25. The lowest BCUT2D eigenvalue weighted by Gasteiger charge is -2.01. The minimum atomic E-state index is -0.0579. The minimum Gasteiger partial charge on any atom is -0.399 e. The number of nitrogens with zero attached hydrogens (tertiary/aromatic N) is 1. The van der Waals surface area contributed by atoms with Gasteiger partial charge in [-0.15, -0.1) is 0 Å². The molecule has 0 aliphatic heterocycles. The predicted octanol–water partition coefficient (Wildman–Crippen LogP) is 5.16. The third kappa shape index (κ3) is 7.66. The van der Waals surface area contributed by atoms with E-state index in [0.717, 1.165) is 12.4 Å². The van der Waals surface area contributed by atoms with Crippen molar-refractivity contribution >= 4 is 39.0 Å². The molecule has 0 radical (unpaired) electrons. The van der Waals surface area contributed by atoms with Gasteiger partial charge in [0.1, 0.15) is 5.82 Å². The molecular weight excluding hydrogens is 356 g/mol. The largest absolute Gasteiger partial charge is 0.399 e. The molecule has 0 bridgehead atoms. The highest BCUT2D eigenvalue weighted by Gasteiger charge is 2.02. The van der Waals surface area contributed by atoms with Gasteiger partial charge in [-0.3, -0.25) is 4.79 Å². The molecule has 3 rings (SSSR count). The summed E-state index contributed by atoms with van der Waals surface area (Å²) < 4.78 is 5.56. The molecule has 0 spiro atoms. The number of nitrogens with one attached hydrogen (secondary N) is 2. The van der Waals surface area contributed by atoms with E-state index in [1.807, 2.05) is 19.1 Å². The van der Waals surface area contributed by atoms with Crippen molar-refractivity contribution in [3.8, 4) is 0 Å². The molecule has 0 unspecified atom stereocenters. The highest BCUT2D eigenvalue weighted by atomic mass is 32.1. The summed E-state index contributed by atoms with van der Waals surface area (Å²) in [7, 11) is 0. The Morgan fingerprint density at radius 3 is 2.22 bits per heavy atom. The number of carbonyl (C=O) groups is 1. The minimum absolute atomic E-state index is 0.0579. The molecule has 27 heavy (non-hydrogen) atoms. The van der Waals surface area contributed by atoms with E-state index in [-0.39, 0.29) is 5.91 Å². The zero-order valence-electron chi connectivity index (χ0n) is 16.6. The zero-order valence-corrected chi connectivity index (χ0v) is 17.4. The number of nitrogen functional groups attached to an aromatic ring is 1. The summed E-state index contributed by atoms with van der Waals surface area (Å²) in [5.41, 5.74) is 6.78. The molecule has 1 aromatic heterocycles. The van der Waals surface area contributed by atoms with E-state index < -0.39 is 0 Å². The average Bonchev–Trinajstić information content (AvgIpc) is 3.07. The molecule has 0 saturated carbocycles. The van der Waals surface area contributed by atoms with Crippen LogP contribution in [-0.2, 0) is 0 Å². The lowest BCUT2D eigenvalue weighted by molar-refractivity contribution is 0.0956. The van der Waals surface area contributed by atoms with Crippen LogP contribution >= 0.6 is 11.5 Å². The number of anilines is 2. The maximum atomic E-state index is 11.2. The van der Waals surface area contributed by atoms with Gasteiger partial charge in [-0.25, -0.2) is 0 Å². The van der Waals surface area contributed by atoms with Crippen molar-refractivity contribution in [2.75, 3.05) is 24.1 Å². The van der Waals surface area contributed by atoms with Gasteiger partial charge >= 0.3 is 0 Å². The van der Waals surface area contributed by atoms with Crippen LogP contribution in [0.2, 0.25) is 0 Å². The lowest BCUT2D eigenvalue weighted by Crippen LogP contribution is -2.22. The third-order valence-electron chi connectivity index (χ3n) is 3.23. The van der Waals surface area contributed by atoms with Crippen molar-refractivity contribution in [2.45, 2.75) is 34.1 Å². The van der Waals surface area contributed by atoms with Gasteiger partial charge in [-0.2, -0.15) is 4.37 Å². The molecule has 4 N–H and O–H groups in total. The Labute approximate surface area is 166 Å². The van der Waals surface area contributed by atoms with Crippen LogP contribution in [0.4, 0.5) is 11.5 Å². The molecule has 0 saturated heterocycles. The number of fused-ring (bicyclic) bond motifs is 1. The highest BCUT2D eigenvalue weighted by molar-refractivity contribution is 7.13. The van der Waals surface area contributed by atoms with E-state index in [1.165, 1.54) is 16.5 Å². The molecule has 1 heterocycles. The van der Waals surface area contributed by atoms with Gasteiger partial charge in [-0.1, -0.05) is 32.4 Å². The number of rotatable bonds is 4. The first kappa shape index (κ1) is 22.4. The van der Waals surface area contributed by atoms with Gasteiger partial charge < -0.3 is 16.4 Å². The Hall–Kier alpha value is -2.60. The summed E-state index contributed by atoms with van der Waals surface area (Å²) in [6.07, 6.45) is 1.25. The molecule has 2 aromatic carbocycles. The Balaban J connectivity index is 0.000000236. The van der Waals surface area contributed by atoms with Crippen LogP contribution in [0.3, 0.4) is 0 Å². The van der Waals surface area contributed by atoms with E-state index in [2.05, 4.69) is 47.9 Å².